The number of hydrogen-bond acceptors (Lipinski definition) is 4. The Labute approximate surface area is 155 Å². The van der Waals surface area contributed by atoms with Crippen LogP contribution in [0, 0.1) is 0 Å². The van der Waals surface area contributed by atoms with Crippen LogP contribution in [0.15, 0.2) is 42.6 Å². The molecule has 8 heteroatoms. The number of carbonyl (C=O) groups is 1. The van der Waals surface area contributed by atoms with E-state index in [1.165, 1.54) is 6.07 Å². The Morgan fingerprint density at radius 3 is 2.41 bits per heavy atom. The van der Waals surface area contributed by atoms with Gasteiger partial charge in [0.2, 0.25) is 0 Å². The Kier molecular flexibility index (Phi) is 5.36. The van der Waals surface area contributed by atoms with E-state index in [4.69, 9.17) is 0 Å². The van der Waals surface area contributed by atoms with Gasteiger partial charge in [-0.15, -0.1) is 0 Å². The number of alkyl halides is 3. The molecule has 144 valence electrons. The Hall–Kier alpha value is -2.61. The third-order valence-corrected chi connectivity index (χ3v) is 4.68. The van der Waals surface area contributed by atoms with Crippen molar-refractivity contribution in [2.24, 2.45) is 0 Å². The largest absolute Gasteiger partial charge is 0.417 e. The van der Waals surface area contributed by atoms with Crippen LogP contribution in [0.4, 0.5) is 24.7 Å². The van der Waals surface area contributed by atoms with Gasteiger partial charge in [-0.05, 0) is 56.9 Å². The zero-order valence-electron chi connectivity index (χ0n) is 15.1. The number of anilines is 2. The lowest BCUT2D eigenvalue weighted by atomic mass is 10.2. The van der Waals surface area contributed by atoms with Crippen LogP contribution in [0.25, 0.3) is 0 Å². The van der Waals surface area contributed by atoms with E-state index in [1.54, 1.807) is 24.3 Å². The molecule has 0 saturated carbocycles. The quantitative estimate of drug-likeness (QED) is 0.883. The van der Waals surface area contributed by atoms with Crippen LogP contribution in [0.2, 0.25) is 0 Å². The first-order valence-corrected chi connectivity index (χ1v) is 8.60. The number of aromatic nitrogens is 1. The number of halogens is 3. The summed E-state index contributed by atoms with van der Waals surface area (Å²) in [6, 6.07) is 9.46. The smallest absolute Gasteiger partial charge is 0.340 e. The van der Waals surface area contributed by atoms with Crippen molar-refractivity contribution in [3.63, 3.8) is 0 Å². The van der Waals surface area contributed by atoms with Gasteiger partial charge in [-0.2, -0.15) is 13.2 Å². The molecular formula is C19H21F3N4O. The number of nitrogens with one attached hydrogen (secondary N) is 1. The fraction of sp³-hybridized carbons (Fsp3) is 0.368. The van der Waals surface area contributed by atoms with Crippen LogP contribution in [0.1, 0.15) is 22.3 Å². The van der Waals surface area contributed by atoms with Crippen molar-refractivity contribution in [1.82, 2.24) is 14.8 Å². The summed E-state index contributed by atoms with van der Waals surface area (Å²) in [5.74, 6) is 0.286. The van der Waals surface area contributed by atoms with Gasteiger partial charge in [0.25, 0.3) is 5.91 Å². The van der Waals surface area contributed by atoms with Gasteiger partial charge >= 0.3 is 6.18 Å². The van der Waals surface area contributed by atoms with Crippen molar-refractivity contribution in [3.05, 3.63) is 53.7 Å². The molecule has 3 rings (SSSR count). The minimum atomic E-state index is -4.41. The lowest BCUT2D eigenvalue weighted by Crippen LogP contribution is -2.34. The summed E-state index contributed by atoms with van der Waals surface area (Å²) in [6.07, 6.45) is -2.67. The molecule has 2 heterocycles. The maximum absolute atomic E-state index is 12.6. The molecule has 1 atom stereocenters. The Balaban J connectivity index is 1.63. The summed E-state index contributed by atoms with van der Waals surface area (Å²) >= 11 is 0. The molecule has 1 fully saturated rings. The normalized spacial score (nSPS) is 17.4. The number of nitrogens with zero attached hydrogens (tertiary/aromatic N) is 3. The second kappa shape index (κ2) is 7.56. The molecule has 1 aromatic carbocycles. The Bertz CT molecular complexity index is 788. The predicted molar refractivity (Wildman–Crippen MR) is 97.0 cm³/mol. The van der Waals surface area contributed by atoms with Crippen molar-refractivity contribution < 1.29 is 18.0 Å². The Morgan fingerprint density at radius 2 is 1.89 bits per heavy atom. The topological polar surface area (TPSA) is 48.5 Å². The summed E-state index contributed by atoms with van der Waals surface area (Å²) in [4.78, 5) is 20.3. The molecule has 1 aromatic heterocycles. The van der Waals surface area contributed by atoms with Crippen molar-refractivity contribution in [1.29, 1.82) is 0 Å². The van der Waals surface area contributed by atoms with Crippen molar-refractivity contribution >= 4 is 17.4 Å². The van der Waals surface area contributed by atoms with Crippen LogP contribution in [0.5, 0.6) is 0 Å². The number of likely N-dealkylation sites (N-methyl/N-ethyl adjacent to an activating group) is 1. The second-order valence-electron chi connectivity index (χ2n) is 6.79. The van der Waals surface area contributed by atoms with Crippen molar-refractivity contribution in [2.75, 3.05) is 32.5 Å². The highest BCUT2D eigenvalue weighted by Gasteiger charge is 2.30. The number of amides is 1. The summed E-state index contributed by atoms with van der Waals surface area (Å²) in [5, 5.41) is 2.93. The third-order valence-electron chi connectivity index (χ3n) is 4.68. The van der Waals surface area contributed by atoms with E-state index in [-0.39, 0.29) is 5.91 Å². The summed E-state index contributed by atoms with van der Waals surface area (Å²) < 4.78 is 37.7. The lowest BCUT2D eigenvalue weighted by Gasteiger charge is -2.20. The maximum Gasteiger partial charge on any atom is 0.417 e. The molecule has 5 nitrogen and oxygen atoms in total. The number of rotatable bonds is 4. The number of pyridine rings is 1. The fourth-order valence-corrected chi connectivity index (χ4v) is 3.01. The van der Waals surface area contributed by atoms with Gasteiger partial charge in [0.1, 0.15) is 5.82 Å². The molecule has 0 bridgehead atoms. The molecule has 1 N–H and O–H groups in total. The average Bonchev–Trinajstić information content (AvgIpc) is 3.12. The van der Waals surface area contributed by atoms with E-state index < -0.39 is 11.7 Å². The van der Waals surface area contributed by atoms with Gasteiger partial charge in [0.15, 0.2) is 0 Å². The van der Waals surface area contributed by atoms with Crippen LogP contribution in [0.3, 0.4) is 0 Å². The fourth-order valence-electron chi connectivity index (χ4n) is 3.01. The first-order chi connectivity index (χ1) is 12.7. The van der Waals surface area contributed by atoms with Gasteiger partial charge in [-0.25, -0.2) is 4.98 Å². The average molecular weight is 378 g/mol. The highest BCUT2D eigenvalue weighted by Crippen LogP contribution is 2.29. The molecular weight excluding hydrogens is 357 g/mol. The van der Waals surface area contributed by atoms with Crippen LogP contribution >= 0.6 is 0 Å². The van der Waals surface area contributed by atoms with Gasteiger partial charge in [0, 0.05) is 36.6 Å². The van der Waals surface area contributed by atoms with Crippen LogP contribution < -0.4 is 5.32 Å². The molecule has 1 aliphatic rings. The second-order valence-corrected chi connectivity index (χ2v) is 6.79. The third kappa shape index (κ3) is 4.57. The molecule has 0 radical (unpaired) electrons. The Morgan fingerprint density at radius 1 is 1.19 bits per heavy atom. The minimum Gasteiger partial charge on any atom is -0.340 e. The molecule has 2 aromatic rings. The van der Waals surface area contributed by atoms with Gasteiger partial charge < -0.3 is 15.1 Å². The van der Waals surface area contributed by atoms with Crippen molar-refractivity contribution in [3.8, 4) is 0 Å². The SMILES string of the molecule is CN(C)C1CCN(C(=O)c2ccc(Nc3ccc(C(F)(F)F)cn3)cc2)C1. The molecule has 27 heavy (non-hydrogen) atoms. The standard InChI is InChI=1S/C19H21F3N4O/c1-25(2)16-9-10-26(12-16)18(27)13-3-6-15(7-4-13)24-17-8-5-14(11-23-17)19(20,21)22/h3-8,11,16H,9-10,12H2,1-2H3,(H,23,24). The summed E-state index contributed by atoms with van der Waals surface area (Å²) in [6.45, 7) is 1.44. The molecule has 0 spiro atoms. The maximum atomic E-state index is 12.6. The molecule has 1 saturated heterocycles. The van der Waals surface area contributed by atoms with E-state index in [0.29, 0.717) is 29.7 Å². The molecule has 0 aliphatic carbocycles. The van der Waals surface area contributed by atoms with E-state index in [2.05, 4.69) is 15.2 Å². The van der Waals surface area contributed by atoms with Gasteiger partial charge in [-0.3, -0.25) is 4.79 Å². The number of likely N-dealkylation sites (tertiary alicyclic amines) is 1. The number of benzene rings is 1. The number of carbonyl (C=O) groups excluding carboxylic acids is 1. The first kappa shape index (κ1) is 19.2. The van der Waals surface area contributed by atoms with Crippen molar-refractivity contribution in [2.45, 2.75) is 18.6 Å². The highest BCUT2D eigenvalue weighted by molar-refractivity contribution is 5.94. The van der Waals surface area contributed by atoms with Crippen LogP contribution in [-0.2, 0) is 6.18 Å². The number of hydrogen-bond donors (Lipinski definition) is 1. The zero-order chi connectivity index (χ0) is 19.6. The summed E-state index contributed by atoms with van der Waals surface area (Å²) in [7, 11) is 4.02. The van der Waals surface area contributed by atoms with Gasteiger partial charge in [0.05, 0.1) is 5.56 Å². The lowest BCUT2D eigenvalue weighted by molar-refractivity contribution is -0.137. The zero-order valence-corrected chi connectivity index (χ0v) is 15.1. The van der Waals surface area contributed by atoms with E-state index in [9.17, 15) is 18.0 Å². The predicted octanol–water partition coefficient (Wildman–Crippen LogP) is 3.62. The minimum absolute atomic E-state index is 0.0152. The van der Waals surface area contributed by atoms with E-state index >= 15 is 0 Å². The molecule has 1 amide bonds. The van der Waals surface area contributed by atoms with Gasteiger partial charge in [-0.1, -0.05) is 0 Å². The van der Waals surface area contributed by atoms with E-state index in [0.717, 1.165) is 25.2 Å². The monoisotopic (exact) mass is 378 g/mol. The molecule has 1 aliphatic heterocycles. The van der Waals surface area contributed by atoms with E-state index in [1.807, 2.05) is 19.0 Å². The molecule has 1 unspecified atom stereocenters. The first-order valence-electron chi connectivity index (χ1n) is 8.60. The van der Waals surface area contributed by atoms with Crippen LogP contribution in [-0.4, -0.2) is 53.9 Å². The highest BCUT2D eigenvalue weighted by atomic mass is 19.4. The summed E-state index contributed by atoms with van der Waals surface area (Å²) in [5.41, 5.74) is 0.433.